The van der Waals surface area contributed by atoms with Crippen LogP contribution in [0.3, 0.4) is 0 Å². The smallest absolute Gasteiger partial charge is 0.123 e. The van der Waals surface area contributed by atoms with Crippen LogP contribution < -0.4 is 10.5 Å². The molecule has 0 spiro atoms. The lowest BCUT2D eigenvalue weighted by atomic mass is 10.2. The molecule has 4 nitrogen and oxygen atoms in total. The van der Waals surface area contributed by atoms with E-state index in [1.807, 2.05) is 6.07 Å². The van der Waals surface area contributed by atoms with E-state index in [0.29, 0.717) is 6.61 Å². The van der Waals surface area contributed by atoms with Crippen molar-refractivity contribution in [2.24, 2.45) is 5.73 Å². The van der Waals surface area contributed by atoms with Crippen LogP contribution in [-0.2, 0) is 4.74 Å². The zero-order valence-corrected chi connectivity index (χ0v) is 10.3. The maximum atomic E-state index is 7.48. The highest BCUT2D eigenvalue weighted by molar-refractivity contribution is 7.99. The van der Waals surface area contributed by atoms with Gasteiger partial charge in [-0.3, -0.25) is 5.41 Å². The molecule has 88 valence electrons. The highest BCUT2D eigenvalue weighted by Gasteiger charge is 2.07. The lowest BCUT2D eigenvalue weighted by Gasteiger charge is -2.09. The van der Waals surface area contributed by atoms with E-state index in [0.717, 1.165) is 22.0 Å². The van der Waals surface area contributed by atoms with Crippen LogP contribution in [-0.4, -0.2) is 32.4 Å². The molecule has 0 aliphatic rings. The Labute approximate surface area is 99.6 Å². The summed E-state index contributed by atoms with van der Waals surface area (Å²) in [5.74, 6) is 1.66. The van der Waals surface area contributed by atoms with Crippen LogP contribution in [0.15, 0.2) is 23.1 Å². The van der Waals surface area contributed by atoms with Crippen molar-refractivity contribution in [1.82, 2.24) is 0 Å². The average Bonchev–Trinajstić information content (AvgIpc) is 2.29. The van der Waals surface area contributed by atoms with Gasteiger partial charge in [-0.1, -0.05) is 0 Å². The number of benzene rings is 1. The first kappa shape index (κ1) is 12.9. The summed E-state index contributed by atoms with van der Waals surface area (Å²) in [5.41, 5.74) is 6.25. The predicted octanol–water partition coefficient (Wildman–Crippen LogP) is 1.72. The average molecular weight is 240 g/mol. The van der Waals surface area contributed by atoms with Gasteiger partial charge in [0.15, 0.2) is 0 Å². The summed E-state index contributed by atoms with van der Waals surface area (Å²) in [4.78, 5) is 0.948. The Kier molecular flexibility index (Phi) is 5.14. The fraction of sp³-hybridized carbons (Fsp3) is 0.364. The van der Waals surface area contributed by atoms with Gasteiger partial charge in [-0.25, -0.2) is 0 Å². The van der Waals surface area contributed by atoms with Crippen molar-refractivity contribution in [3.63, 3.8) is 0 Å². The number of nitrogens with one attached hydrogen (secondary N) is 1. The first-order chi connectivity index (χ1) is 7.69. The topological polar surface area (TPSA) is 68.3 Å². The van der Waals surface area contributed by atoms with E-state index in [1.165, 1.54) is 0 Å². The number of nitrogen functional groups attached to an aromatic ring is 1. The van der Waals surface area contributed by atoms with Crippen LogP contribution in [0.5, 0.6) is 5.75 Å². The molecule has 1 aromatic carbocycles. The number of hydrogen-bond donors (Lipinski definition) is 2. The van der Waals surface area contributed by atoms with Crippen molar-refractivity contribution < 1.29 is 9.47 Å². The highest BCUT2D eigenvalue weighted by atomic mass is 32.2. The van der Waals surface area contributed by atoms with Crippen LogP contribution >= 0.6 is 11.8 Å². The summed E-state index contributed by atoms with van der Waals surface area (Å²) in [7, 11) is 3.28. The second-order valence-electron chi connectivity index (χ2n) is 3.12. The van der Waals surface area contributed by atoms with E-state index in [4.69, 9.17) is 20.6 Å². The quantitative estimate of drug-likeness (QED) is 0.344. The summed E-state index contributed by atoms with van der Waals surface area (Å²) < 4.78 is 10.1. The van der Waals surface area contributed by atoms with Crippen LogP contribution in [0.25, 0.3) is 0 Å². The molecule has 0 saturated heterocycles. The molecule has 0 aliphatic carbocycles. The normalized spacial score (nSPS) is 10.1. The maximum absolute atomic E-state index is 7.48. The molecule has 0 saturated carbocycles. The molecular formula is C11H16N2O2S. The number of methoxy groups -OCH3 is 2. The van der Waals surface area contributed by atoms with Gasteiger partial charge in [-0.05, 0) is 18.2 Å². The lowest BCUT2D eigenvalue weighted by molar-refractivity contribution is 0.218. The van der Waals surface area contributed by atoms with Gasteiger partial charge >= 0.3 is 0 Å². The van der Waals surface area contributed by atoms with E-state index in [-0.39, 0.29) is 5.84 Å². The van der Waals surface area contributed by atoms with Gasteiger partial charge in [0.05, 0.1) is 13.7 Å². The van der Waals surface area contributed by atoms with Gasteiger partial charge in [0, 0.05) is 23.3 Å². The Morgan fingerprint density at radius 3 is 2.75 bits per heavy atom. The van der Waals surface area contributed by atoms with Gasteiger partial charge in [0.1, 0.15) is 11.6 Å². The zero-order chi connectivity index (χ0) is 12.0. The molecule has 0 aliphatic heterocycles. The van der Waals surface area contributed by atoms with Gasteiger partial charge in [-0.15, -0.1) is 11.8 Å². The van der Waals surface area contributed by atoms with Crippen LogP contribution in [0.2, 0.25) is 0 Å². The van der Waals surface area contributed by atoms with E-state index >= 15 is 0 Å². The minimum Gasteiger partial charge on any atom is -0.497 e. The van der Waals surface area contributed by atoms with Crippen molar-refractivity contribution in [1.29, 1.82) is 5.41 Å². The number of nitrogens with two attached hydrogens (primary N) is 1. The van der Waals surface area contributed by atoms with Crippen molar-refractivity contribution in [3.05, 3.63) is 23.8 Å². The third kappa shape index (κ3) is 3.43. The third-order valence-corrected chi connectivity index (χ3v) is 3.04. The lowest BCUT2D eigenvalue weighted by Crippen LogP contribution is -2.12. The van der Waals surface area contributed by atoms with E-state index in [9.17, 15) is 0 Å². The number of thioether (sulfide) groups is 1. The van der Waals surface area contributed by atoms with Gasteiger partial charge < -0.3 is 15.2 Å². The molecule has 16 heavy (non-hydrogen) atoms. The Morgan fingerprint density at radius 2 is 2.19 bits per heavy atom. The Balaban J connectivity index is 2.87. The summed E-state index contributed by atoms with van der Waals surface area (Å²) in [6, 6.07) is 5.49. The molecule has 0 aromatic heterocycles. The number of amidine groups is 1. The van der Waals surface area contributed by atoms with Crippen molar-refractivity contribution in [2.75, 3.05) is 26.6 Å². The Bertz CT molecular complexity index is 369. The molecule has 5 heteroatoms. The van der Waals surface area contributed by atoms with E-state index < -0.39 is 0 Å². The van der Waals surface area contributed by atoms with Gasteiger partial charge in [-0.2, -0.15) is 0 Å². The summed E-state index contributed by atoms with van der Waals surface area (Å²) >= 11 is 1.60. The summed E-state index contributed by atoms with van der Waals surface area (Å²) in [6.07, 6.45) is 0. The Hall–Kier alpha value is -1.20. The van der Waals surface area contributed by atoms with Crippen LogP contribution in [0.4, 0.5) is 0 Å². The Morgan fingerprint density at radius 1 is 1.44 bits per heavy atom. The molecule has 3 N–H and O–H groups in total. The zero-order valence-electron chi connectivity index (χ0n) is 9.45. The molecule has 0 unspecified atom stereocenters. The largest absolute Gasteiger partial charge is 0.497 e. The van der Waals surface area contributed by atoms with Gasteiger partial charge in [0.25, 0.3) is 0 Å². The number of ether oxygens (including phenoxy) is 2. The van der Waals surface area contributed by atoms with Crippen molar-refractivity contribution in [2.45, 2.75) is 4.90 Å². The number of hydrogen-bond acceptors (Lipinski definition) is 4. The molecule has 0 amide bonds. The monoisotopic (exact) mass is 240 g/mol. The molecule has 0 bridgehead atoms. The second kappa shape index (κ2) is 6.40. The number of rotatable bonds is 6. The standard InChI is InChI=1S/C11H16N2O2S/c1-14-5-6-16-10-7-8(15-2)3-4-9(10)11(12)13/h3-4,7H,5-6H2,1-2H3,(H3,12,13). The molecule has 0 fully saturated rings. The third-order valence-electron chi connectivity index (χ3n) is 2.02. The first-order valence-electron chi connectivity index (χ1n) is 4.83. The fourth-order valence-corrected chi connectivity index (χ4v) is 2.21. The van der Waals surface area contributed by atoms with Gasteiger partial charge in [0.2, 0.25) is 0 Å². The van der Waals surface area contributed by atoms with E-state index in [1.54, 1.807) is 38.1 Å². The van der Waals surface area contributed by atoms with E-state index in [2.05, 4.69) is 0 Å². The summed E-state index contributed by atoms with van der Waals surface area (Å²) in [6.45, 7) is 0.666. The SMILES string of the molecule is COCCSc1cc(OC)ccc1C(=N)N. The van der Waals surface area contributed by atoms with Crippen molar-refractivity contribution >= 4 is 17.6 Å². The molecular weight excluding hydrogens is 224 g/mol. The fourth-order valence-electron chi connectivity index (χ4n) is 1.21. The first-order valence-corrected chi connectivity index (χ1v) is 5.81. The highest BCUT2D eigenvalue weighted by Crippen LogP contribution is 2.26. The van der Waals surface area contributed by atoms with Crippen LogP contribution in [0, 0.1) is 5.41 Å². The second-order valence-corrected chi connectivity index (χ2v) is 4.25. The molecule has 0 radical (unpaired) electrons. The molecule has 1 rings (SSSR count). The molecule has 1 aromatic rings. The minimum atomic E-state index is 0.0718. The van der Waals surface area contributed by atoms with Crippen LogP contribution in [0.1, 0.15) is 5.56 Å². The van der Waals surface area contributed by atoms with Crippen molar-refractivity contribution in [3.8, 4) is 5.75 Å². The predicted molar refractivity (Wildman–Crippen MR) is 66.6 cm³/mol. The maximum Gasteiger partial charge on any atom is 0.123 e. The molecule has 0 heterocycles. The summed E-state index contributed by atoms with van der Waals surface area (Å²) in [5, 5.41) is 7.48. The minimum absolute atomic E-state index is 0.0718. The molecule has 0 atom stereocenters.